The molecule has 1 fully saturated rings. The number of nitrogens with two attached hydrogens (primary N) is 1. The van der Waals surface area contributed by atoms with Crippen LogP contribution < -0.4 is 16.4 Å². The average Bonchev–Trinajstić information content (AvgIpc) is 2.60. The SMILES string of the molecule is NC(=O)Cc1ccccc1NC1CCCNCC1. The van der Waals surface area contributed by atoms with Crippen LogP contribution in [0.25, 0.3) is 0 Å². The van der Waals surface area contributed by atoms with Crippen molar-refractivity contribution in [3.8, 4) is 0 Å². The van der Waals surface area contributed by atoms with Gasteiger partial charge in [0, 0.05) is 11.7 Å². The first-order chi connectivity index (χ1) is 8.75. The van der Waals surface area contributed by atoms with Crippen molar-refractivity contribution in [2.75, 3.05) is 18.4 Å². The Hall–Kier alpha value is -1.55. The predicted molar refractivity (Wildman–Crippen MR) is 73.5 cm³/mol. The number of hydrogen-bond acceptors (Lipinski definition) is 3. The Morgan fingerprint density at radius 2 is 2.17 bits per heavy atom. The number of anilines is 1. The number of para-hydroxylation sites is 1. The third-order valence-corrected chi connectivity index (χ3v) is 3.32. The second-order valence-corrected chi connectivity index (χ2v) is 4.82. The number of nitrogens with one attached hydrogen (secondary N) is 2. The van der Waals surface area contributed by atoms with Crippen LogP contribution in [-0.4, -0.2) is 25.0 Å². The molecular formula is C14H21N3O. The van der Waals surface area contributed by atoms with E-state index in [2.05, 4.69) is 10.6 Å². The van der Waals surface area contributed by atoms with Crippen LogP contribution in [0.2, 0.25) is 0 Å². The lowest BCUT2D eigenvalue weighted by molar-refractivity contribution is -0.117. The molecule has 1 unspecified atom stereocenters. The summed E-state index contributed by atoms with van der Waals surface area (Å²) in [5.41, 5.74) is 7.31. The van der Waals surface area contributed by atoms with Gasteiger partial charge in [0.1, 0.15) is 0 Å². The third kappa shape index (κ3) is 3.74. The van der Waals surface area contributed by atoms with E-state index in [1.54, 1.807) is 0 Å². The lowest BCUT2D eigenvalue weighted by Gasteiger charge is -2.19. The van der Waals surface area contributed by atoms with E-state index in [0.29, 0.717) is 12.5 Å². The number of hydrogen-bond donors (Lipinski definition) is 3. The zero-order valence-electron chi connectivity index (χ0n) is 10.6. The number of primary amides is 1. The van der Waals surface area contributed by atoms with Crippen LogP contribution in [0.5, 0.6) is 0 Å². The fourth-order valence-corrected chi connectivity index (χ4v) is 2.39. The first-order valence-corrected chi connectivity index (χ1v) is 6.59. The predicted octanol–water partition coefficient (Wildman–Crippen LogP) is 1.27. The lowest BCUT2D eigenvalue weighted by atomic mass is 10.1. The molecular weight excluding hydrogens is 226 g/mol. The summed E-state index contributed by atoms with van der Waals surface area (Å²) in [5, 5.41) is 6.94. The fraction of sp³-hybridized carbons (Fsp3) is 0.500. The minimum Gasteiger partial charge on any atom is -0.382 e. The molecule has 4 nitrogen and oxygen atoms in total. The molecule has 0 radical (unpaired) electrons. The van der Waals surface area contributed by atoms with Crippen molar-refractivity contribution < 1.29 is 4.79 Å². The maximum absolute atomic E-state index is 11.1. The van der Waals surface area contributed by atoms with Gasteiger partial charge in [-0.2, -0.15) is 0 Å². The largest absolute Gasteiger partial charge is 0.382 e. The van der Waals surface area contributed by atoms with E-state index in [9.17, 15) is 4.79 Å². The minimum absolute atomic E-state index is 0.285. The molecule has 98 valence electrons. The molecule has 18 heavy (non-hydrogen) atoms. The van der Waals surface area contributed by atoms with E-state index in [1.807, 2.05) is 24.3 Å². The first-order valence-electron chi connectivity index (χ1n) is 6.59. The Morgan fingerprint density at radius 3 is 3.00 bits per heavy atom. The topological polar surface area (TPSA) is 67.2 Å². The summed E-state index contributed by atoms with van der Waals surface area (Å²) < 4.78 is 0. The van der Waals surface area contributed by atoms with Gasteiger partial charge < -0.3 is 16.4 Å². The number of benzene rings is 1. The van der Waals surface area contributed by atoms with Crippen molar-refractivity contribution in [1.82, 2.24) is 5.32 Å². The van der Waals surface area contributed by atoms with Gasteiger partial charge in [0.05, 0.1) is 6.42 Å². The van der Waals surface area contributed by atoms with Gasteiger partial charge in [-0.05, 0) is 44.0 Å². The first kappa shape index (κ1) is 12.9. The highest BCUT2D eigenvalue weighted by molar-refractivity contribution is 5.78. The summed E-state index contributed by atoms with van der Waals surface area (Å²) in [6.45, 7) is 2.15. The number of amides is 1. The molecule has 4 heteroatoms. The zero-order chi connectivity index (χ0) is 12.8. The molecule has 0 bridgehead atoms. The Morgan fingerprint density at radius 1 is 1.33 bits per heavy atom. The smallest absolute Gasteiger partial charge is 0.221 e. The monoisotopic (exact) mass is 247 g/mol. The van der Waals surface area contributed by atoms with Crippen molar-refractivity contribution >= 4 is 11.6 Å². The van der Waals surface area contributed by atoms with Gasteiger partial charge in [0.25, 0.3) is 0 Å². The standard InChI is InChI=1S/C14H21N3O/c15-14(18)10-11-4-1-2-6-13(11)17-12-5-3-8-16-9-7-12/h1-2,4,6,12,16-17H,3,5,7-10H2,(H2,15,18). The summed E-state index contributed by atoms with van der Waals surface area (Å²) in [6, 6.07) is 8.40. The molecule has 1 atom stereocenters. The van der Waals surface area contributed by atoms with Crippen LogP contribution in [0.3, 0.4) is 0 Å². The van der Waals surface area contributed by atoms with Crippen molar-refractivity contribution in [3.63, 3.8) is 0 Å². The summed E-state index contributed by atoms with van der Waals surface area (Å²) in [7, 11) is 0. The Labute approximate surface area is 108 Å². The van der Waals surface area contributed by atoms with Crippen molar-refractivity contribution in [2.45, 2.75) is 31.7 Å². The molecule has 1 amide bonds. The molecule has 1 aromatic carbocycles. The normalized spacial score (nSPS) is 20.1. The quantitative estimate of drug-likeness (QED) is 0.750. The second-order valence-electron chi connectivity index (χ2n) is 4.82. The maximum Gasteiger partial charge on any atom is 0.221 e. The summed E-state index contributed by atoms with van der Waals surface area (Å²) in [5.74, 6) is -0.285. The highest BCUT2D eigenvalue weighted by Gasteiger charge is 2.13. The molecule has 0 aliphatic carbocycles. The van der Waals surface area contributed by atoms with E-state index in [0.717, 1.165) is 37.2 Å². The highest BCUT2D eigenvalue weighted by atomic mass is 16.1. The highest BCUT2D eigenvalue weighted by Crippen LogP contribution is 2.19. The Kier molecular flexibility index (Phi) is 4.59. The van der Waals surface area contributed by atoms with Gasteiger partial charge >= 0.3 is 0 Å². The van der Waals surface area contributed by atoms with Crippen LogP contribution >= 0.6 is 0 Å². The van der Waals surface area contributed by atoms with Crippen LogP contribution in [0.1, 0.15) is 24.8 Å². The molecule has 1 heterocycles. The fourth-order valence-electron chi connectivity index (χ4n) is 2.39. The minimum atomic E-state index is -0.285. The van der Waals surface area contributed by atoms with Gasteiger partial charge in [-0.25, -0.2) is 0 Å². The van der Waals surface area contributed by atoms with Crippen LogP contribution in [0.15, 0.2) is 24.3 Å². The Balaban J connectivity index is 2.04. The molecule has 0 saturated carbocycles. The van der Waals surface area contributed by atoms with Gasteiger partial charge in [-0.1, -0.05) is 18.2 Å². The molecule has 2 rings (SSSR count). The number of carbonyl (C=O) groups excluding carboxylic acids is 1. The van der Waals surface area contributed by atoms with Crippen LogP contribution in [0, 0.1) is 0 Å². The van der Waals surface area contributed by atoms with Gasteiger partial charge in [0.15, 0.2) is 0 Å². The van der Waals surface area contributed by atoms with Crippen molar-refractivity contribution in [3.05, 3.63) is 29.8 Å². The van der Waals surface area contributed by atoms with Gasteiger partial charge in [-0.15, -0.1) is 0 Å². The third-order valence-electron chi connectivity index (χ3n) is 3.32. The molecule has 0 aromatic heterocycles. The summed E-state index contributed by atoms with van der Waals surface area (Å²) >= 11 is 0. The van der Waals surface area contributed by atoms with Crippen molar-refractivity contribution in [1.29, 1.82) is 0 Å². The van der Waals surface area contributed by atoms with E-state index in [1.165, 1.54) is 6.42 Å². The molecule has 1 aliphatic heterocycles. The van der Waals surface area contributed by atoms with E-state index in [-0.39, 0.29) is 5.91 Å². The molecule has 4 N–H and O–H groups in total. The summed E-state index contributed by atoms with van der Waals surface area (Å²) in [4.78, 5) is 11.1. The molecule has 1 saturated heterocycles. The van der Waals surface area contributed by atoms with E-state index in [4.69, 9.17) is 5.73 Å². The Bertz CT molecular complexity index is 398. The van der Waals surface area contributed by atoms with E-state index >= 15 is 0 Å². The van der Waals surface area contributed by atoms with Gasteiger partial charge in [-0.3, -0.25) is 4.79 Å². The summed E-state index contributed by atoms with van der Waals surface area (Å²) in [6.07, 6.45) is 3.77. The molecule has 1 aliphatic rings. The second kappa shape index (κ2) is 6.40. The molecule has 1 aromatic rings. The van der Waals surface area contributed by atoms with E-state index < -0.39 is 0 Å². The van der Waals surface area contributed by atoms with Gasteiger partial charge in [0.2, 0.25) is 5.91 Å². The maximum atomic E-state index is 11.1. The number of rotatable bonds is 4. The molecule has 0 spiro atoms. The number of carbonyl (C=O) groups is 1. The van der Waals surface area contributed by atoms with Crippen molar-refractivity contribution in [2.24, 2.45) is 5.73 Å². The average molecular weight is 247 g/mol. The lowest BCUT2D eigenvalue weighted by Crippen LogP contribution is -2.23. The van der Waals surface area contributed by atoms with Crippen LogP contribution in [0.4, 0.5) is 5.69 Å². The zero-order valence-corrected chi connectivity index (χ0v) is 10.6. The van der Waals surface area contributed by atoms with Crippen LogP contribution in [-0.2, 0) is 11.2 Å².